The van der Waals surface area contributed by atoms with E-state index in [2.05, 4.69) is 0 Å². The second-order valence-corrected chi connectivity index (χ2v) is 5.76. The van der Waals surface area contributed by atoms with E-state index in [0.29, 0.717) is 11.1 Å². The van der Waals surface area contributed by atoms with Gasteiger partial charge in [-0.25, -0.2) is 4.79 Å². The number of ether oxygens (including phenoxy) is 1. The summed E-state index contributed by atoms with van der Waals surface area (Å²) in [5.74, 6) is 0.152. The van der Waals surface area contributed by atoms with Crippen LogP contribution in [-0.4, -0.2) is 4.92 Å². The fourth-order valence-electron chi connectivity index (χ4n) is 3.02. The molecule has 26 heavy (non-hydrogen) atoms. The quantitative estimate of drug-likeness (QED) is 0.236. The monoisotopic (exact) mass is 347 g/mol. The van der Waals surface area contributed by atoms with E-state index >= 15 is 0 Å². The number of nitro groups is 1. The lowest BCUT2D eigenvalue weighted by Gasteiger charge is -2.10. The van der Waals surface area contributed by atoms with Crippen molar-refractivity contribution in [2.45, 2.75) is 6.61 Å². The Labute approximate surface area is 147 Å². The van der Waals surface area contributed by atoms with Crippen molar-refractivity contribution in [3.63, 3.8) is 0 Å². The first-order valence-electron chi connectivity index (χ1n) is 7.94. The number of nitro benzene ring substituents is 1. The molecule has 0 saturated carbocycles. The van der Waals surface area contributed by atoms with E-state index in [4.69, 9.17) is 9.15 Å². The Morgan fingerprint density at radius 2 is 1.77 bits per heavy atom. The maximum atomic E-state index is 11.9. The van der Waals surface area contributed by atoms with Crippen molar-refractivity contribution in [2.75, 3.05) is 0 Å². The van der Waals surface area contributed by atoms with Crippen LogP contribution in [0.4, 0.5) is 5.69 Å². The lowest BCUT2D eigenvalue weighted by atomic mass is 10.0. The Balaban J connectivity index is 1.83. The van der Waals surface area contributed by atoms with Crippen LogP contribution in [0.25, 0.3) is 21.7 Å². The van der Waals surface area contributed by atoms with Gasteiger partial charge in [0.1, 0.15) is 12.2 Å². The molecule has 0 spiro atoms. The second-order valence-electron chi connectivity index (χ2n) is 5.76. The zero-order valence-electron chi connectivity index (χ0n) is 13.5. The highest BCUT2D eigenvalue weighted by molar-refractivity contribution is 6.07. The van der Waals surface area contributed by atoms with Crippen LogP contribution in [0.3, 0.4) is 0 Å². The van der Waals surface area contributed by atoms with Crippen LogP contribution in [-0.2, 0) is 6.61 Å². The van der Waals surface area contributed by atoms with Gasteiger partial charge in [-0.3, -0.25) is 10.1 Å². The smallest absolute Gasteiger partial charge is 0.336 e. The molecule has 0 saturated heterocycles. The molecule has 128 valence electrons. The predicted octanol–water partition coefficient (Wildman–Crippen LogP) is 4.43. The molecule has 0 atom stereocenters. The molecular formula is C20H13NO5. The first kappa shape index (κ1) is 15.8. The lowest BCUT2D eigenvalue weighted by molar-refractivity contribution is -0.385. The highest BCUT2D eigenvalue weighted by Gasteiger charge is 2.15. The normalized spacial score (nSPS) is 10.9. The SMILES string of the molecule is O=c1cc(COc2ccccc2[N+](=O)[O-])c2c(ccc3ccccc32)o1. The minimum atomic E-state index is -0.498. The fraction of sp³-hybridized carbons (Fsp3) is 0.0500. The highest BCUT2D eigenvalue weighted by atomic mass is 16.6. The summed E-state index contributed by atoms with van der Waals surface area (Å²) in [6.45, 7) is 0.0148. The molecule has 3 aromatic carbocycles. The van der Waals surface area contributed by atoms with Gasteiger partial charge in [-0.05, 0) is 22.9 Å². The van der Waals surface area contributed by atoms with Gasteiger partial charge in [0.2, 0.25) is 0 Å². The van der Waals surface area contributed by atoms with E-state index in [1.165, 1.54) is 18.2 Å². The van der Waals surface area contributed by atoms with Crippen molar-refractivity contribution >= 4 is 27.4 Å². The van der Waals surface area contributed by atoms with Crippen molar-refractivity contribution in [1.29, 1.82) is 0 Å². The Bertz CT molecular complexity index is 1200. The Hall–Kier alpha value is -3.67. The van der Waals surface area contributed by atoms with E-state index in [1.807, 2.05) is 30.3 Å². The van der Waals surface area contributed by atoms with Crippen molar-refractivity contribution in [2.24, 2.45) is 0 Å². The number of hydrogen-bond donors (Lipinski definition) is 0. The summed E-state index contributed by atoms with van der Waals surface area (Å²) in [6, 6.07) is 18.9. The summed E-state index contributed by atoms with van der Waals surface area (Å²) < 4.78 is 11.0. The molecule has 0 aliphatic rings. The Morgan fingerprint density at radius 3 is 2.62 bits per heavy atom. The second kappa shape index (κ2) is 6.33. The number of benzene rings is 3. The number of rotatable bonds is 4. The lowest BCUT2D eigenvalue weighted by Crippen LogP contribution is -2.05. The van der Waals surface area contributed by atoms with Crippen LogP contribution < -0.4 is 10.4 Å². The van der Waals surface area contributed by atoms with Gasteiger partial charge in [0.15, 0.2) is 5.75 Å². The van der Waals surface area contributed by atoms with E-state index in [0.717, 1.165) is 16.2 Å². The molecule has 0 unspecified atom stereocenters. The van der Waals surface area contributed by atoms with Gasteiger partial charge in [-0.2, -0.15) is 0 Å². The maximum Gasteiger partial charge on any atom is 0.336 e. The summed E-state index contributed by atoms with van der Waals surface area (Å²) in [7, 11) is 0. The van der Waals surface area contributed by atoms with Crippen LogP contribution in [0.1, 0.15) is 5.56 Å². The summed E-state index contributed by atoms with van der Waals surface area (Å²) in [5.41, 5.74) is 0.460. The van der Waals surface area contributed by atoms with Crippen molar-refractivity contribution in [1.82, 2.24) is 0 Å². The third-order valence-corrected chi connectivity index (χ3v) is 4.16. The third kappa shape index (κ3) is 2.77. The molecule has 0 bridgehead atoms. The van der Waals surface area contributed by atoms with Crippen LogP contribution in [0, 0.1) is 10.1 Å². The zero-order valence-corrected chi connectivity index (χ0v) is 13.5. The van der Waals surface area contributed by atoms with Crippen LogP contribution in [0.2, 0.25) is 0 Å². The standard InChI is InChI=1S/C20H13NO5/c22-19-11-14(12-25-17-8-4-3-7-16(17)21(23)24)20-15-6-2-1-5-13(15)9-10-18(20)26-19/h1-11H,12H2. The molecule has 0 fully saturated rings. The molecule has 0 aliphatic heterocycles. The van der Waals surface area contributed by atoms with E-state index in [1.54, 1.807) is 18.2 Å². The average molecular weight is 347 g/mol. The van der Waals surface area contributed by atoms with Crippen molar-refractivity contribution in [3.8, 4) is 5.75 Å². The molecule has 6 nitrogen and oxygen atoms in total. The maximum absolute atomic E-state index is 11.9. The van der Waals surface area contributed by atoms with E-state index in [-0.39, 0.29) is 18.0 Å². The minimum absolute atomic E-state index is 0.0148. The van der Waals surface area contributed by atoms with E-state index in [9.17, 15) is 14.9 Å². The first-order chi connectivity index (χ1) is 12.6. The predicted molar refractivity (Wildman–Crippen MR) is 97.4 cm³/mol. The largest absolute Gasteiger partial charge is 0.482 e. The fourth-order valence-corrected chi connectivity index (χ4v) is 3.02. The van der Waals surface area contributed by atoms with Gasteiger partial charge in [0, 0.05) is 23.1 Å². The number of hydrogen-bond acceptors (Lipinski definition) is 5. The molecule has 6 heteroatoms. The summed E-state index contributed by atoms with van der Waals surface area (Å²) in [6.07, 6.45) is 0. The molecule has 0 aliphatic carbocycles. The molecule has 0 amide bonds. The van der Waals surface area contributed by atoms with E-state index < -0.39 is 10.5 Å². The molecule has 1 heterocycles. The van der Waals surface area contributed by atoms with Gasteiger partial charge in [0.25, 0.3) is 0 Å². The zero-order chi connectivity index (χ0) is 18.1. The van der Waals surface area contributed by atoms with Gasteiger partial charge in [0.05, 0.1) is 4.92 Å². The summed E-state index contributed by atoms with van der Waals surface area (Å²) >= 11 is 0. The Kier molecular flexibility index (Phi) is 3.85. The number of nitrogens with zero attached hydrogens (tertiary/aromatic N) is 1. The number of fused-ring (bicyclic) bond motifs is 3. The van der Waals surface area contributed by atoms with Gasteiger partial charge >= 0.3 is 11.3 Å². The molecule has 0 radical (unpaired) electrons. The summed E-state index contributed by atoms with van der Waals surface area (Å²) in [4.78, 5) is 22.5. The molecule has 4 rings (SSSR count). The molecule has 0 N–H and O–H groups in total. The topological polar surface area (TPSA) is 82.6 Å². The van der Waals surface area contributed by atoms with Crippen LogP contribution in [0.15, 0.2) is 75.9 Å². The van der Waals surface area contributed by atoms with Gasteiger partial charge in [-0.15, -0.1) is 0 Å². The first-order valence-corrected chi connectivity index (χ1v) is 7.94. The van der Waals surface area contributed by atoms with Gasteiger partial charge < -0.3 is 9.15 Å². The summed E-state index contributed by atoms with van der Waals surface area (Å²) in [5, 5.41) is 13.8. The minimum Gasteiger partial charge on any atom is -0.482 e. The number of para-hydroxylation sites is 2. The average Bonchev–Trinajstić information content (AvgIpc) is 2.65. The van der Waals surface area contributed by atoms with Crippen LogP contribution >= 0.6 is 0 Å². The van der Waals surface area contributed by atoms with Crippen molar-refractivity contribution < 1.29 is 14.1 Å². The van der Waals surface area contributed by atoms with Gasteiger partial charge in [-0.1, -0.05) is 42.5 Å². The molecule has 4 aromatic rings. The van der Waals surface area contributed by atoms with Crippen molar-refractivity contribution in [3.05, 3.63) is 92.8 Å². The third-order valence-electron chi connectivity index (χ3n) is 4.16. The van der Waals surface area contributed by atoms with Crippen LogP contribution in [0.5, 0.6) is 5.75 Å². The Morgan fingerprint density at radius 1 is 1.00 bits per heavy atom. The molecular weight excluding hydrogens is 334 g/mol. The molecule has 1 aromatic heterocycles. The highest BCUT2D eigenvalue weighted by Crippen LogP contribution is 2.30.